The van der Waals surface area contributed by atoms with Gasteiger partial charge in [0.1, 0.15) is 0 Å². The van der Waals surface area contributed by atoms with Gasteiger partial charge in [-0.25, -0.2) is 0 Å². The SMILES string of the molecule is [B]C(=O)NCCOCCOCCNC(=O)CC. The molecule has 17 heavy (non-hydrogen) atoms. The Morgan fingerprint density at radius 3 is 2.00 bits per heavy atom. The van der Waals surface area contributed by atoms with E-state index < -0.39 is 5.81 Å². The Morgan fingerprint density at radius 2 is 1.53 bits per heavy atom. The van der Waals surface area contributed by atoms with E-state index in [1.165, 1.54) is 0 Å². The second-order valence-electron chi connectivity index (χ2n) is 3.22. The van der Waals surface area contributed by atoms with E-state index in [0.717, 1.165) is 0 Å². The van der Waals surface area contributed by atoms with Crippen LogP contribution in [0.2, 0.25) is 0 Å². The minimum absolute atomic E-state index is 0.0161. The predicted octanol–water partition coefficient (Wildman–Crippen LogP) is -0.576. The van der Waals surface area contributed by atoms with Crippen molar-refractivity contribution in [3.8, 4) is 0 Å². The number of nitrogens with one attached hydrogen (secondary N) is 2. The van der Waals surface area contributed by atoms with Crippen molar-refractivity contribution in [1.82, 2.24) is 10.6 Å². The molecule has 0 heterocycles. The van der Waals surface area contributed by atoms with Crippen LogP contribution in [0.15, 0.2) is 0 Å². The topological polar surface area (TPSA) is 76.7 Å². The van der Waals surface area contributed by atoms with E-state index in [1.807, 2.05) is 0 Å². The lowest BCUT2D eigenvalue weighted by atomic mass is 10.1. The molecule has 2 N–H and O–H groups in total. The summed E-state index contributed by atoms with van der Waals surface area (Å²) in [6, 6.07) is 0. The van der Waals surface area contributed by atoms with Gasteiger partial charge in [0.05, 0.1) is 26.4 Å². The maximum atomic E-state index is 10.8. The van der Waals surface area contributed by atoms with Crippen molar-refractivity contribution in [2.75, 3.05) is 39.5 Å². The first-order valence-electron chi connectivity index (χ1n) is 5.62. The average molecular weight is 242 g/mol. The van der Waals surface area contributed by atoms with Gasteiger partial charge in [-0.2, -0.15) is 0 Å². The third kappa shape index (κ3) is 12.9. The third-order valence-electron chi connectivity index (χ3n) is 1.81. The van der Waals surface area contributed by atoms with E-state index in [0.29, 0.717) is 45.9 Å². The molecule has 0 aromatic rings. The molecule has 0 spiro atoms. The highest BCUT2D eigenvalue weighted by Gasteiger charge is 1.95. The average Bonchev–Trinajstić information content (AvgIpc) is 2.30. The molecule has 0 aliphatic heterocycles. The maximum absolute atomic E-state index is 10.8. The second-order valence-corrected chi connectivity index (χ2v) is 3.22. The Balaban J connectivity index is 3.03. The smallest absolute Gasteiger partial charge is 0.219 e. The fourth-order valence-electron chi connectivity index (χ4n) is 0.956. The summed E-state index contributed by atoms with van der Waals surface area (Å²) in [7, 11) is 4.86. The van der Waals surface area contributed by atoms with Gasteiger partial charge < -0.3 is 20.1 Å². The van der Waals surface area contributed by atoms with Crippen molar-refractivity contribution >= 4 is 19.6 Å². The lowest BCUT2D eigenvalue weighted by molar-refractivity contribution is -0.121. The molecule has 2 radical (unpaired) electrons. The quantitative estimate of drug-likeness (QED) is 0.397. The summed E-state index contributed by atoms with van der Waals surface area (Å²) in [6.07, 6.45) is 0.482. The number of ether oxygens (including phenoxy) is 2. The minimum Gasteiger partial charge on any atom is -0.377 e. The van der Waals surface area contributed by atoms with Gasteiger partial charge in [0.25, 0.3) is 0 Å². The summed E-state index contributed by atoms with van der Waals surface area (Å²) in [5.74, 6) is -0.543. The van der Waals surface area contributed by atoms with Gasteiger partial charge in [-0.1, -0.05) is 6.92 Å². The molecule has 0 aromatic carbocycles. The van der Waals surface area contributed by atoms with Gasteiger partial charge in [0.15, 0.2) is 13.7 Å². The van der Waals surface area contributed by atoms with Gasteiger partial charge in [0.2, 0.25) is 5.91 Å². The van der Waals surface area contributed by atoms with E-state index in [2.05, 4.69) is 10.6 Å². The zero-order valence-corrected chi connectivity index (χ0v) is 10.2. The number of carbonyl (C=O) groups is 2. The van der Waals surface area contributed by atoms with Crippen LogP contribution in [-0.4, -0.2) is 59.1 Å². The summed E-state index contributed by atoms with van der Waals surface area (Å²) >= 11 is 0. The van der Waals surface area contributed by atoms with Crippen molar-refractivity contribution in [3.05, 3.63) is 0 Å². The van der Waals surface area contributed by atoms with E-state index in [9.17, 15) is 9.59 Å². The zero-order valence-electron chi connectivity index (χ0n) is 10.2. The Bertz CT molecular complexity index is 226. The van der Waals surface area contributed by atoms with Gasteiger partial charge in [-0.15, -0.1) is 0 Å². The number of carbonyl (C=O) groups excluding carboxylic acids is 2. The Labute approximate surface area is 103 Å². The lowest BCUT2D eigenvalue weighted by Crippen LogP contribution is -2.27. The van der Waals surface area contributed by atoms with Crippen LogP contribution >= 0.6 is 0 Å². The molecular formula is C10H19BN2O4. The van der Waals surface area contributed by atoms with Crippen LogP contribution in [-0.2, 0) is 14.3 Å². The van der Waals surface area contributed by atoms with Crippen molar-refractivity contribution in [1.29, 1.82) is 0 Å². The van der Waals surface area contributed by atoms with Crippen LogP contribution in [0.1, 0.15) is 13.3 Å². The third-order valence-corrected chi connectivity index (χ3v) is 1.81. The zero-order chi connectivity index (χ0) is 12.9. The Kier molecular flexibility index (Phi) is 10.7. The van der Waals surface area contributed by atoms with Crippen LogP contribution in [0.5, 0.6) is 0 Å². The van der Waals surface area contributed by atoms with Crippen molar-refractivity contribution in [3.63, 3.8) is 0 Å². The Hall–Kier alpha value is -1.08. The maximum Gasteiger partial charge on any atom is 0.219 e. The van der Waals surface area contributed by atoms with Gasteiger partial charge in [-0.05, 0) is 0 Å². The Morgan fingerprint density at radius 1 is 1.00 bits per heavy atom. The van der Waals surface area contributed by atoms with Gasteiger partial charge >= 0.3 is 0 Å². The van der Waals surface area contributed by atoms with Crippen LogP contribution in [0.3, 0.4) is 0 Å². The summed E-state index contributed by atoms with van der Waals surface area (Å²) in [4.78, 5) is 21.1. The molecule has 0 atom stereocenters. The number of hydrogen-bond donors (Lipinski definition) is 2. The highest BCUT2D eigenvalue weighted by atomic mass is 16.5. The van der Waals surface area contributed by atoms with Crippen LogP contribution in [0.25, 0.3) is 0 Å². The summed E-state index contributed by atoms with van der Waals surface area (Å²) in [6.45, 7) is 4.47. The van der Waals surface area contributed by atoms with Crippen LogP contribution in [0.4, 0.5) is 4.79 Å². The first-order valence-corrected chi connectivity index (χ1v) is 5.62. The molecule has 2 amide bonds. The van der Waals surface area contributed by atoms with E-state index in [4.69, 9.17) is 17.3 Å². The predicted molar refractivity (Wildman–Crippen MR) is 64.1 cm³/mol. The van der Waals surface area contributed by atoms with Crippen LogP contribution in [0, 0.1) is 0 Å². The molecule has 0 unspecified atom stereocenters. The molecule has 7 heteroatoms. The molecule has 0 aromatic heterocycles. The number of rotatable bonds is 10. The van der Waals surface area contributed by atoms with E-state index in [-0.39, 0.29) is 5.91 Å². The first-order chi connectivity index (χ1) is 8.16. The molecule has 0 saturated heterocycles. The summed E-state index contributed by atoms with van der Waals surface area (Å²) < 4.78 is 10.4. The van der Waals surface area contributed by atoms with Crippen molar-refractivity contribution < 1.29 is 19.1 Å². The normalized spacial score (nSPS) is 9.94. The minimum atomic E-state index is -0.559. The molecule has 6 nitrogen and oxygen atoms in total. The molecular weight excluding hydrogens is 223 g/mol. The molecule has 0 aliphatic carbocycles. The lowest BCUT2D eigenvalue weighted by Gasteiger charge is -2.07. The molecule has 0 rings (SSSR count). The van der Waals surface area contributed by atoms with Crippen molar-refractivity contribution in [2.24, 2.45) is 0 Å². The molecule has 0 fully saturated rings. The highest BCUT2D eigenvalue weighted by molar-refractivity contribution is 6.57. The van der Waals surface area contributed by atoms with E-state index in [1.54, 1.807) is 6.92 Å². The standard InChI is InChI=1S/C10H19BN2O4/c1-2-9(14)12-3-5-16-7-8-17-6-4-13-10(11)15/h2-8H2,1H3,(H,12,14)(H,13,15). The number of amides is 2. The monoisotopic (exact) mass is 242 g/mol. The molecule has 0 saturated carbocycles. The highest BCUT2D eigenvalue weighted by Crippen LogP contribution is 1.79. The largest absolute Gasteiger partial charge is 0.377 e. The number of hydrogen-bond acceptors (Lipinski definition) is 4. The van der Waals surface area contributed by atoms with Crippen LogP contribution < -0.4 is 10.6 Å². The molecule has 0 aliphatic rings. The van der Waals surface area contributed by atoms with Gasteiger partial charge in [-0.3, -0.25) is 9.59 Å². The summed E-state index contributed by atoms with van der Waals surface area (Å²) in [5.41, 5.74) is 0. The van der Waals surface area contributed by atoms with E-state index >= 15 is 0 Å². The second kappa shape index (κ2) is 11.4. The van der Waals surface area contributed by atoms with Gasteiger partial charge in [0, 0.05) is 19.5 Å². The first kappa shape index (κ1) is 15.9. The molecule has 96 valence electrons. The van der Waals surface area contributed by atoms with Crippen molar-refractivity contribution in [2.45, 2.75) is 13.3 Å². The summed E-state index contributed by atoms with van der Waals surface area (Å²) in [5, 5.41) is 5.09. The fraction of sp³-hybridized carbons (Fsp3) is 0.800. The fourth-order valence-corrected chi connectivity index (χ4v) is 0.956. The molecule has 0 bridgehead atoms.